The zero-order valence-corrected chi connectivity index (χ0v) is 12.5. The van der Waals surface area contributed by atoms with Crippen LogP contribution in [0.2, 0.25) is 0 Å². The summed E-state index contributed by atoms with van der Waals surface area (Å²) in [7, 11) is 0. The fraction of sp³-hybridized carbons (Fsp3) is 0.400. The highest BCUT2D eigenvalue weighted by Gasteiger charge is 2.49. The zero-order chi connectivity index (χ0) is 17.5. The molecular weight excluding hydrogens is 312 g/mol. The number of carbonyl (C=O) groups excluding carboxylic acids is 2. The molecule has 0 bridgehead atoms. The topological polar surface area (TPSA) is 94.9 Å². The van der Waals surface area contributed by atoms with Crippen molar-refractivity contribution in [2.75, 3.05) is 6.54 Å². The van der Waals surface area contributed by atoms with E-state index in [0.717, 1.165) is 12.1 Å². The minimum absolute atomic E-state index is 0.0850. The number of carbonyl (C=O) groups is 3. The van der Waals surface area contributed by atoms with Gasteiger partial charge in [0.1, 0.15) is 17.0 Å². The molecule has 0 aromatic heterocycles. The van der Waals surface area contributed by atoms with Gasteiger partial charge in [0.2, 0.25) is 0 Å². The van der Waals surface area contributed by atoms with Crippen molar-refractivity contribution in [1.29, 1.82) is 0 Å². The first-order valence-electron chi connectivity index (χ1n) is 6.93. The molecule has 2 N–H and O–H groups in total. The molecule has 0 saturated carbocycles. The highest BCUT2D eigenvalue weighted by Crippen LogP contribution is 2.34. The molecule has 1 heterocycles. The second-order valence-electron chi connectivity index (χ2n) is 5.47. The number of nitrogens with zero attached hydrogens (tertiary/aromatic N) is 1. The Balaban J connectivity index is 2.50. The number of aliphatic hydroxyl groups is 1. The van der Waals surface area contributed by atoms with Crippen LogP contribution in [0.5, 0.6) is 0 Å². The van der Waals surface area contributed by atoms with Gasteiger partial charge in [-0.3, -0.25) is 19.3 Å². The van der Waals surface area contributed by atoms with Crippen LogP contribution in [0.4, 0.5) is 8.78 Å². The molecule has 6 nitrogen and oxygen atoms in total. The van der Waals surface area contributed by atoms with Crippen LogP contribution in [0.1, 0.15) is 41.0 Å². The van der Waals surface area contributed by atoms with E-state index in [9.17, 15) is 33.4 Å². The second kappa shape index (κ2) is 5.69. The van der Waals surface area contributed by atoms with Crippen molar-refractivity contribution in [2.24, 2.45) is 5.41 Å². The van der Waals surface area contributed by atoms with Gasteiger partial charge in [0.15, 0.2) is 0 Å². The van der Waals surface area contributed by atoms with E-state index in [1.165, 1.54) is 13.8 Å². The summed E-state index contributed by atoms with van der Waals surface area (Å²) in [6.45, 7) is 2.01. The van der Waals surface area contributed by atoms with Crippen LogP contribution in [0, 0.1) is 17.0 Å². The zero-order valence-electron chi connectivity index (χ0n) is 12.5. The van der Waals surface area contributed by atoms with Gasteiger partial charge >= 0.3 is 5.97 Å². The van der Waals surface area contributed by atoms with Gasteiger partial charge in [-0.2, -0.15) is 0 Å². The van der Waals surface area contributed by atoms with Gasteiger partial charge in [0.05, 0.1) is 17.2 Å². The highest BCUT2D eigenvalue weighted by molar-refractivity contribution is 6.21. The van der Waals surface area contributed by atoms with E-state index in [4.69, 9.17) is 0 Å². The molecule has 1 aliphatic rings. The third-order valence-electron chi connectivity index (χ3n) is 4.32. The van der Waals surface area contributed by atoms with Crippen molar-refractivity contribution in [2.45, 2.75) is 26.4 Å². The third-order valence-corrected chi connectivity index (χ3v) is 4.32. The molecule has 124 valence electrons. The Morgan fingerprint density at radius 2 is 1.65 bits per heavy atom. The Hall–Kier alpha value is -2.35. The van der Waals surface area contributed by atoms with Crippen LogP contribution >= 0.6 is 0 Å². The SMILES string of the molecule is CC[C@@](CN1C(=O)c2c(F)ccc(F)c2C1=O)(C(=O)O)[C@@H](C)O. The van der Waals surface area contributed by atoms with E-state index in [-0.39, 0.29) is 6.42 Å². The van der Waals surface area contributed by atoms with Crippen LogP contribution in [-0.2, 0) is 4.79 Å². The largest absolute Gasteiger partial charge is 0.481 e. The van der Waals surface area contributed by atoms with E-state index in [1.807, 2.05) is 0 Å². The summed E-state index contributed by atoms with van der Waals surface area (Å²) in [4.78, 5) is 36.5. The molecule has 1 aliphatic heterocycles. The quantitative estimate of drug-likeness (QED) is 0.798. The second-order valence-corrected chi connectivity index (χ2v) is 5.47. The van der Waals surface area contributed by atoms with Gasteiger partial charge in [-0.05, 0) is 25.5 Å². The Kier molecular flexibility index (Phi) is 4.21. The summed E-state index contributed by atoms with van der Waals surface area (Å²) in [5, 5.41) is 19.2. The van der Waals surface area contributed by atoms with Crippen LogP contribution < -0.4 is 0 Å². The molecule has 1 aromatic carbocycles. The van der Waals surface area contributed by atoms with Crippen LogP contribution in [0.25, 0.3) is 0 Å². The first-order valence-corrected chi connectivity index (χ1v) is 6.93. The molecule has 2 amide bonds. The summed E-state index contributed by atoms with van der Waals surface area (Å²) in [5.41, 5.74) is -3.24. The number of fused-ring (bicyclic) bond motifs is 1. The molecule has 0 unspecified atom stereocenters. The van der Waals surface area contributed by atoms with Crippen molar-refractivity contribution in [3.8, 4) is 0 Å². The average molecular weight is 327 g/mol. The van der Waals surface area contributed by atoms with Gasteiger partial charge in [-0.1, -0.05) is 6.92 Å². The lowest BCUT2D eigenvalue weighted by Crippen LogP contribution is -2.51. The molecule has 1 aromatic rings. The molecule has 0 saturated heterocycles. The normalized spacial score (nSPS) is 17.9. The molecule has 23 heavy (non-hydrogen) atoms. The number of halogens is 2. The maximum atomic E-state index is 13.8. The molecule has 0 fully saturated rings. The number of benzene rings is 1. The Morgan fingerprint density at radius 3 is 1.96 bits per heavy atom. The number of aliphatic carboxylic acids is 1. The summed E-state index contributed by atoms with van der Waals surface area (Å²) < 4.78 is 27.5. The van der Waals surface area contributed by atoms with Crippen LogP contribution in [0.15, 0.2) is 12.1 Å². The number of amides is 2. The number of carboxylic acid groups (broad SMARTS) is 1. The summed E-state index contributed by atoms with van der Waals surface area (Å²) >= 11 is 0. The molecular formula is C15H15F2NO5. The molecule has 0 aliphatic carbocycles. The number of imide groups is 1. The first-order chi connectivity index (χ1) is 10.7. The van der Waals surface area contributed by atoms with Crippen molar-refractivity contribution in [1.82, 2.24) is 4.90 Å². The van der Waals surface area contributed by atoms with Crippen molar-refractivity contribution in [3.63, 3.8) is 0 Å². The van der Waals surface area contributed by atoms with E-state index >= 15 is 0 Å². The Morgan fingerprint density at radius 1 is 1.22 bits per heavy atom. The maximum Gasteiger partial charge on any atom is 0.314 e. The monoisotopic (exact) mass is 327 g/mol. The molecule has 2 rings (SSSR count). The fourth-order valence-electron chi connectivity index (χ4n) is 2.69. The highest BCUT2D eigenvalue weighted by atomic mass is 19.1. The fourth-order valence-corrected chi connectivity index (χ4v) is 2.69. The predicted octanol–water partition coefficient (Wildman–Crippen LogP) is 1.42. The Bertz CT molecular complexity index is 662. The summed E-state index contributed by atoms with van der Waals surface area (Å²) in [5.74, 6) is -5.75. The summed E-state index contributed by atoms with van der Waals surface area (Å²) in [6, 6.07) is 1.45. The van der Waals surface area contributed by atoms with E-state index < -0.39 is 58.6 Å². The lowest BCUT2D eigenvalue weighted by atomic mass is 9.79. The standard InChI is InChI=1S/C15H15F2NO5/c1-3-15(7(2)19,14(22)23)6-18-12(20)10-8(16)4-5-9(17)11(10)13(18)21/h4-5,7,19H,3,6H2,1-2H3,(H,22,23)/t7-,15+/m1/s1. The molecule has 2 atom stereocenters. The molecule has 8 heteroatoms. The van der Waals surface area contributed by atoms with Gasteiger partial charge in [-0.15, -0.1) is 0 Å². The number of aliphatic hydroxyl groups excluding tert-OH is 1. The molecule has 0 spiro atoms. The predicted molar refractivity (Wildman–Crippen MR) is 73.8 cm³/mol. The van der Waals surface area contributed by atoms with E-state index in [1.54, 1.807) is 0 Å². The van der Waals surface area contributed by atoms with Crippen molar-refractivity contribution >= 4 is 17.8 Å². The van der Waals surface area contributed by atoms with Gasteiger partial charge < -0.3 is 10.2 Å². The third kappa shape index (κ3) is 2.39. The average Bonchev–Trinajstić information content (AvgIpc) is 2.73. The van der Waals surface area contributed by atoms with Crippen molar-refractivity contribution < 1.29 is 33.4 Å². The Labute approximate surface area is 130 Å². The number of carboxylic acids is 1. The van der Waals surface area contributed by atoms with Gasteiger partial charge in [-0.25, -0.2) is 8.78 Å². The molecule has 0 radical (unpaired) electrons. The minimum atomic E-state index is -1.82. The lowest BCUT2D eigenvalue weighted by molar-refractivity contribution is -0.156. The van der Waals surface area contributed by atoms with Gasteiger partial charge in [0, 0.05) is 6.54 Å². The van der Waals surface area contributed by atoms with E-state index in [2.05, 4.69) is 0 Å². The number of hydrogen-bond donors (Lipinski definition) is 2. The minimum Gasteiger partial charge on any atom is -0.481 e. The lowest BCUT2D eigenvalue weighted by Gasteiger charge is -2.34. The smallest absolute Gasteiger partial charge is 0.314 e. The first kappa shape index (κ1) is 17.0. The van der Waals surface area contributed by atoms with E-state index in [0.29, 0.717) is 4.90 Å². The number of rotatable bonds is 5. The van der Waals surface area contributed by atoms with Gasteiger partial charge in [0.25, 0.3) is 11.8 Å². The maximum absolute atomic E-state index is 13.8. The van der Waals surface area contributed by atoms with Crippen LogP contribution in [0.3, 0.4) is 0 Å². The number of hydrogen-bond acceptors (Lipinski definition) is 4. The van der Waals surface area contributed by atoms with Crippen molar-refractivity contribution in [3.05, 3.63) is 34.9 Å². The summed E-state index contributed by atoms with van der Waals surface area (Å²) in [6.07, 6.45) is -1.47. The van der Waals surface area contributed by atoms with Crippen LogP contribution in [-0.4, -0.2) is 45.5 Å².